The van der Waals surface area contributed by atoms with E-state index in [0.29, 0.717) is 31.3 Å². The van der Waals surface area contributed by atoms with Gasteiger partial charge in [-0.05, 0) is 50.0 Å². The van der Waals surface area contributed by atoms with Crippen LogP contribution in [0.5, 0.6) is 5.75 Å². The molecule has 0 saturated heterocycles. The van der Waals surface area contributed by atoms with E-state index < -0.39 is 5.97 Å². The van der Waals surface area contributed by atoms with Crippen LogP contribution in [0, 0.1) is 5.92 Å². The van der Waals surface area contributed by atoms with Crippen LogP contribution in [0.25, 0.3) is 6.08 Å². The fraction of sp³-hybridized carbons (Fsp3) is 0.412. The Bertz CT molecular complexity index is 663. The molecule has 2 aliphatic rings. The highest BCUT2D eigenvalue weighted by Crippen LogP contribution is 2.30. The van der Waals surface area contributed by atoms with Gasteiger partial charge < -0.3 is 15.2 Å². The van der Waals surface area contributed by atoms with Crippen molar-refractivity contribution < 1.29 is 19.4 Å². The molecule has 1 aromatic carbocycles. The van der Waals surface area contributed by atoms with Crippen molar-refractivity contribution in [3.63, 3.8) is 0 Å². The van der Waals surface area contributed by atoms with E-state index in [2.05, 4.69) is 21.2 Å². The summed E-state index contributed by atoms with van der Waals surface area (Å²) in [4.78, 5) is 23.3. The quantitative estimate of drug-likeness (QED) is 0.846. The normalized spacial score (nSPS) is 23.3. The third kappa shape index (κ3) is 3.75. The number of amides is 1. The van der Waals surface area contributed by atoms with Crippen molar-refractivity contribution in [3.05, 3.63) is 33.8 Å². The molecule has 2 N–H and O–H groups in total. The van der Waals surface area contributed by atoms with Gasteiger partial charge in [-0.3, -0.25) is 9.59 Å². The summed E-state index contributed by atoms with van der Waals surface area (Å²) in [6.07, 6.45) is 4.50. The topological polar surface area (TPSA) is 75.6 Å². The fourth-order valence-corrected chi connectivity index (χ4v) is 3.42. The second-order valence-electron chi connectivity index (χ2n) is 6.00. The number of ether oxygens (including phenoxy) is 1. The largest absolute Gasteiger partial charge is 0.488 e. The second-order valence-corrected chi connectivity index (χ2v) is 6.92. The van der Waals surface area contributed by atoms with Gasteiger partial charge in [-0.25, -0.2) is 0 Å². The summed E-state index contributed by atoms with van der Waals surface area (Å²) < 4.78 is 6.56. The first kappa shape index (κ1) is 16.1. The smallest absolute Gasteiger partial charge is 0.306 e. The van der Waals surface area contributed by atoms with E-state index in [-0.39, 0.29) is 24.5 Å². The van der Waals surface area contributed by atoms with Gasteiger partial charge in [0.25, 0.3) is 5.91 Å². The zero-order chi connectivity index (χ0) is 16.4. The van der Waals surface area contributed by atoms with Crippen molar-refractivity contribution >= 4 is 33.9 Å². The molecule has 6 heteroatoms. The highest BCUT2D eigenvalue weighted by atomic mass is 79.9. The Balaban J connectivity index is 1.62. The van der Waals surface area contributed by atoms with Crippen LogP contribution in [0.4, 0.5) is 0 Å². The Hall–Kier alpha value is -1.82. The van der Waals surface area contributed by atoms with Gasteiger partial charge in [0.05, 0.1) is 11.5 Å². The van der Waals surface area contributed by atoms with Crippen molar-refractivity contribution in [1.29, 1.82) is 0 Å². The molecule has 1 aliphatic carbocycles. The van der Waals surface area contributed by atoms with Crippen molar-refractivity contribution in [2.75, 3.05) is 6.61 Å². The summed E-state index contributed by atoms with van der Waals surface area (Å²) in [5.41, 5.74) is 1.47. The Labute approximate surface area is 142 Å². The summed E-state index contributed by atoms with van der Waals surface area (Å²) in [7, 11) is 0. The average molecular weight is 380 g/mol. The third-order valence-electron chi connectivity index (χ3n) is 4.39. The van der Waals surface area contributed by atoms with Crippen LogP contribution in [-0.4, -0.2) is 29.6 Å². The van der Waals surface area contributed by atoms with Crippen molar-refractivity contribution in [1.82, 2.24) is 5.32 Å². The highest BCUT2D eigenvalue weighted by Gasteiger charge is 2.27. The van der Waals surface area contributed by atoms with Crippen LogP contribution in [0.1, 0.15) is 31.2 Å². The maximum Gasteiger partial charge on any atom is 0.306 e. The van der Waals surface area contributed by atoms with Gasteiger partial charge >= 0.3 is 5.97 Å². The molecular weight excluding hydrogens is 362 g/mol. The first-order chi connectivity index (χ1) is 11.0. The van der Waals surface area contributed by atoms with Gasteiger partial charge in [-0.15, -0.1) is 0 Å². The zero-order valence-corrected chi connectivity index (χ0v) is 14.1. The van der Waals surface area contributed by atoms with Crippen molar-refractivity contribution in [2.45, 2.75) is 31.7 Å². The van der Waals surface area contributed by atoms with Gasteiger partial charge in [0, 0.05) is 16.1 Å². The number of aliphatic carboxylic acids is 1. The Morgan fingerprint density at radius 3 is 2.65 bits per heavy atom. The first-order valence-electron chi connectivity index (χ1n) is 7.69. The second kappa shape index (κ2) is 6.74. The van der Waals surface area contributed by atoms with E-state index in [1.54, 1.807) is 0 Å². The van der Waals surface area contributed by atoms with Crippen LogP contribution >= 0.6 is 15.9 Å². The van der Waals surface area contributed by atoms with Crippen LogP contribution in [0.2, 0.25) is 0 Å². The highest BCUT2D eigenvalue weighted by molar-refractivity contribution is 9.10. The van der Waals surface area contributed by atoms with E-state index in [1.807, 2.05) is 24.3 Å². The first-order valence-corrected chi connectivity index (χ1v) is 8.49. The molecule has 1 fully saturated rings. The number of carboxylic acid groups (broad SMARTS) is 1. The molecular formula is C17H18BrNO4. The minimum atomic E-state index is -0.736. The molecule has 0 bridgehead atoms. The predicted molar refractivity (Wildman–Crippen MR) is 89.1 cm³/mol. The van der Waals surface area contributed by atoms with Crippen LogP contribution < -0.4 is 10.1 Å². The lowest BCUT2D eigenvalue weighted by molar-refractivity contribution is -0.142. The van der Waals surface area contributed by atoms with Gasteiger partial charge in [-0.1, -0.05) is 15.9 Å². The average Bonchev–Trinajstić information content (AvgIpc) is 2.54. The summed E-state index contributed by atoms with van der Waals surface area (Å²) in [6, 6.07) is 5.74. The molecule has 0 aromatic heterocycles. The Morgan fingerprint density at radius 2 is 1.96 bits per heavy atom. The molecule has 23 heavy (non-hydrogen) atoms. The molecule has 0 radical (unpaired) electrons. The predicted octanol–water partition coefficient (Wildman–Crippen LogP) is 2.98. The van der Waals surface area contributed by atoms with Crippen molar-refractivity contribution in [3.8, 4) is 5.75 Å². The lowest BCUT2D eigenvalue weighted by atomic mass is 9.86. The number of fused-ring (bicyclic) bond motifs is 1. The van der Waals surface area contributed by atoms with E-state index >= 15 is 0 Å². The monoisotopic (exact) mass is 379 g/mol. The van der Waals surface area contributed by atoms with E-state index in [0.717, 1.165) is 15.8 Å². The standard InChI is InChI=1S/C17H18BrNO4/c18-13-3-6-15-11(8-13)7-12(9-23-15)16(20)19-14-4-1-10(2-5-14)17(21)22/h3,6-8,10,14H,1-2,4-5,9H2,(H,19,20)(H,21,22). The molecule has 1 heterocycles. The minimum absolute atomic E-state index is 0.0444. The fourth-order valence-electron chi connectivity index (χ4n) is 3.04. The lowest BCUT2D eigenvalue weighted by Gasteiger charge is -2.27. The lowest BCUT2D eigenvalue weighted by Crippen LogP contribution is -2.40. The number of rotatable bonds is 3. The molecule has 1 aromatic rings. The summed E-state index contributed by atoms with van der Waals surface area (Å²) >= 11 is 3.41. The number of carbonyl (C=O) groups excluding carboxylic acids is 1. The SMILES string of the molecule is O=C(NC1CCC(C(=O)O)CC1)C1=Cc2cc(Br)ccc2OC1. The van der Waals surface area contributed by atoms with E-state index in [1.165, 1.54) is 0 Å². The zero-order valence-electron chi connectivity index (χ0n) is 12.5. The van der Waals surface area contributed by atoms with E-state index in [9.17, 15) is 9.59 Å². The van der Waals surface area contributed by atoms with Gasteiger partial charge in [0.2, 0.25) is 0 Å². The van der Waals surface area contributed by atoms with Gasteiger partial charge in [-0.2, -0.15) is 0 Å². The number of benzene rings is 1. The molecule has 1 saturated carbocycles. The molecule has 0 spiro atoms. The maximum absolute atomic E-state index is 12.4. The van der Waals surface area contributed by atoms with Crippen LogP contribution in [0.3, 0.4) is 0 Å². The number of carboxylic acids is 1. The summed E-state index contributed by atoms with van der Waals surface area (Å²) in [5, 5.41) is 12.0. The number of hydrogen-bond donors (Lipinski definition) is 2. The number of halogens is 1. The molecule has 0 atom stereocenters. The molecule has 3 rings (SSSR count). The molecule has 1 amide bonds. The van der Waals surface area contributed by atoms with Crippen molar-refractivity contribution in [2.24, 2.45) is 5.92 Å². The Morgan fingerprint density at radius 1 is 1.22 bits per heavy atom. The molecule has 0 unspecified atom stereocenters. The molecule has 5 nitrogen and oxygen atoms in total. The number of carbonyl (C=O) groups is 2. The van der Waals surface area contributed by atoms with Gasteiger partial charge in [0.1, 0.15) is 12.4 Å². The van der Waals surface area contributed by atoms with Gasteiger partial charge in [0.15, 0.2) is 0 Å². The molecule has 122 valence electrons. The third-order valence-corrected chi connectivity index (χ3v) is 4.88. The number of hydrogen-bond acceptors (Lipinski definition) is 3. The number of nitrogens with one attached hydrogen (secondary N) is 1. The molecule has 1 aliphatic heterocycles. The van der Waals surface area contributed by atoms with E-state index in [4.69, 9.17) is 9.84 Å². The minimum Gasteiger partial charge on any atom is -0.488 e. The van der Waals surface area contributed by atoms with Crippen LogP contribution in [-0.2, 0) is 9.59 Å². The summed E-state index contributed by atoms with van der Waals surface area (Å²) in [6.45, 7) is 0.255. The Kier molecular flexibility index (Phi) is 4.71. The van der Waals surface area contributed by atoms with Crippen LogP contribution in [0.15, 0.2) is 28.2 Å². The summed E-state index contributed by atoms with van der Waals surface area (Å²) in [5.74, 6) is -0.369. The maximum atomic E-state index is 12.4.